The van der Waals surface area contributed by atoms with Gasteiger partial charge < -0.3 is 14.2 Å². The summed E-state index contributed by atoms with van der Waals surface area (Å²) in [6.45, 7) is 1.96. The van der Waals surface area contributed by atoms with Crippen LogP contribution >= 0.6 is 0 Å². The van der Waals surface area contributed by atoms with Crippen LogP contribution in [0.5, 0.6) is 0 Å². The minimum atomic E-state index is -1.43. The number of fused-ring (bicyclic) bond motifs is 1. The van der Waals surface area contributed by atoms with Crippen molar-refractivity contribution in [1.29, 1.82) is 0 Å². The van der Waals surface area contributed by atoms with Crippen molar-refractivity contribution in [1.82, 2.24) is 0 Å². The smallest absolute Gasteiger partial charge is 0.316 e. The number of rotatable bonds is 3. The molecule has 2 atom stereocenters. The highest BCUT2D eigenvalue weighted by Gasteiger charge is 2.61. The average molecular weight is 280 g/mol. The van der Waals surface area contributed by atoms with Gasteiger partial charge in [0.15, 0.2) is 0 Å². The van der Waals surface area contributed by atoms with E-state index in [4.69, 9.17) is 14.2 Å². The number of methoxy groups -OCH3 is 3. The highest BCUT2D eigenvalue weighted by molar-refractivity contribution is 6.00. The summed E-state index contributed by atoms with van der Waals surface area (Å²) in [5.41, 5.74) is 0.180. The van der Waals surface area contributed by atoms with Gasteiger partial charge in [0.2, 0.25) is 11.6 Å². The fraction of sp³-hybridized carbons (Fsp3) is 0.600. The molecule has 0 bridgehead atoms. The summed E-state index contributed by atoms with van der Waals surface area (Å²) in [7, 11) is 4.20. The van der Waals surface area contributed by atoms with Crippen LogP contribution in [0.1, 0.15) is 19.8 Å². The number of carbonyl (C=O) groups excluding carboxylic acids is 2. The lowest BCUT2D eigenvalue weighted by atomic mass is 9.60. The van der Waals surface area contributed by atoms with E-state index < -0.39 is 17.1 Å². The fourth-order valence-electron chi connectivity index (χ4n) is 3.41. The number of hydrogen-bond acceptors (Lipinski definition) is 5. The molecule has 0 saturated heterocycles. The van der Waals surface area contributed by atoms with Crippen LogP contribution in [-0.4, -0.2) is 38.9 Å². The zero-order chi connectivity index (χ0) is 15.0. The van der Waals surface area contributed by atoms with Crippen molar-refractivity contribution in [2.75, 3.05) is 21.3 Å². The molecule has 5 nitrogen and oxygen atoms in total. The van der Waals surface area contributed by atoms with Crippen molar-refractivity contribution in [3.8, 4) is 0 Å². The molecule has 0 aromatic heterocycles. The third-order valence-electron chi connectivity index (χ3n) is 4.40. The van der Waals surface area contributed by atoms with Crippen LogP contribution in [0, 0.1) is 11.3 Å². The standard InChI is InChI=1S/C15H20O5/c1-10-5-6-11-14(9-10,13(17)18-2)8-7-12(16)15(11,19-3)20-4/h5,7-8,11H,6,9H2,1-4H3/t11-,14-/m1/s1. The van der Waals surface area contributed by atoms with E-state index in [1.807, 2.05) is 13.0 Å². The Morgan fingerprint density at radius 1 is 1.30 bits per heavy atom. The molecule has 110 valence electrons. The maximum atomic E-state index is 12.4. The summed E-state index contributed by atoms with van der Waals surface area (Å²) in [5, 5.41) is 0. The van der Waals surface area contributed by atoms with Crippen molar-refractivity contribution in [2.45, 2.75) is 25.6 Å². The summed E-state index contributed by atoms with van der Waals surface area (Å²) in [5.74, 6) is -2.50. The van der Waals surface area contributed by atoms with Crippen LogP contribution < -0.4 is 0 Å². The Hall–Kier alpha value is -1.46. The maximum absolute atomic E-state index is 12.4. The highest BCUT2D eigenvalue weighted by Crippen LogP contribution is 2.52. The SMILES string of the molecule is COC(=O)[C@@]12C=CC(=O)C(OC)(OC)[C@@H]1CC=C(C)C2. The summed E-state index contributed by atoms with van der Waals surface area (Å²) in [6, 6.07) is 0. The molecule has 20 heavy (non-hydrogen) atoms. The van der Waals surface area contributed by atoms with Gasteiger partial charge in [0.1, 0.15) is 0 Å². The van der Waals surface area contributed by atoms with Gasteiger partial charge in [-0.1, -0.05) is 17.7 Å². The van der Waals surface area contributed by atoms with Gasteiger partial charge in [-0.25, -0.2) is 0 Å². The molecular formula is C15H20O5. The average Bonchev–Trinajstić information content (AvgIpc) is 2.47. The first kappa shape index (κ1) is 14.9. The van der Waals surface area contributed by atoms with Crippen molar-refractivity contribution in [3.63, 3.8) is 0 Å². The van der Waals surface area contributed by atoms with Gasteiger partial charge in [-0.2, -0.15) is 0 Å². The monoisotopic (exact) mass is 280 g/mol. The van der Waals surface area contributed by atoms with Crippen LogP contribution in [0.3, 0.4) is 0 Å². The van der Waals surface area contributed by atoms with Gasteiger partial charge in [-0.15, -0.1) is 0 Å². The second-order valence-electron chi connectivity index (χ2n) is 5.32. The van der Waals surface area contributed by atoms with Crippen LogP contribution in [0.15, 0.2) is 23.8 Å². The molecule has 0 heterocycles. The molecule has 2 rings (SSSR count). The molecule has 2 aliphatic rings. The van der Waals surface area contributed by atoms with Gasteiger partial charge in [0.25, 0.3) is 0 Å². The van der Waals surface area contributed by atoms with Crippen LogP contribution in [0.4, 0.5) is 0 Å². The number of ether oxygens (including phenoxy) is 3. The molecule has 0 fully saturated rings. The van der Waals surface area contributed by atoms with E-state index in [9.17, 15) is 9.59 Å². The number of esters is 1. The van der Waals surface area contributed by atoms with Crippen molar-refractivity contribution >= 4 is 11.8 Å². The molecule has 2 aliphatic carbocycles. The van der Waals surface area contributed by atoms with E-state index in [0.29, 0.717) is 12.8 Å². The molecule has 0 amide bonds. The number of carbonyl (C=O) groups is 2. The first-order valence-electron chi connectivity index (χ1n) is 6.55. The minimum absolute atomic E-state index is 0.278. The second kappa shape index (κ2) is 5.14. The summed E-state index contributed by atoms with van der Waals surface area (Å²) >= 11 is 0. The molecule has 0 aromatic carbocycles. The van der Waals surface area contributed by atoms with Gasteiger partial charge >= 0.3 is 5.97 Å². The Labute approximate surface area is 118 Å². The third-order valence-corrected chi connectivity index (χ3v) is 4.40. The zero-order valence-corrected chi connectivity index (χ0v) is 12.3. The Morgan fingerprint density at radius 3 is 2.50 bits per heavy atom. The molecule has 0 spiro atoms. The van der Waals surface area contributed by atoms with Gasteiger partial charge in [-0.05, 0) is 25.8 Å². The highest BCUT2D eigenvalue weighted by atomic mass is 16.7. The van der Waals surface area contributed by atoms with E-state index in [1.54, 1.807) is 6.08 Å². The summed E-state index contributed by atoms with van der Waals surface area (Å²) < 4.78 is 15.8. The lowest BCUT2D eigenvalue weighted by Crippen LogP contribution is -2.60. The topological polar surface area (TPSA) is 61.8 Å². The maximum Gasteiger partial charge on any atom is 0.316 e. The zero-order valence-electron chi connectivity index (χ0n) is 12.3. The van der Waals surface area contributed by atoms with Gasteiger partial charge in [0, 0.05) is 20.1 Å². The van der Waals surface area contributed by atoms with Gasteiger partial charge in [-0.3, -0.25) is 9.59 Å². The third kappa shape index (κ3) is 1.84. The molecule has 0 saturated carbocycles. The first-order chi connectivity index (χ1) is 9.46. The predicted molar refractivity (Wildman–Crippen MR) is 71.8 cm³/mol. The van der Waals surface area contributed by atoms with E-state index in [0.717, 1.165) is 5.57 Å². The predicted octanol–water partition coefficient (Wildman–Crippen LogP) is 1.63. The number of allylic oxidation sites excluding steroid dienone is 2. The number of ketones is 1. The van der Waals surface area contributed by atoms with E-state index in [2.05, 4.69) is 0 Å². The lowest BCUT2D eigenvalue weighted by Gasteiger charge is -2.49. The first-order valence-corrected chi connectivity index (χ1v) is 6.55. The van der Waals surface area contributed by atoms with Crippen LogP contribution in [-0.2, 0) is 23.8 Å². The summed E-state index contributed by atoms with van der Waals surface area (Å²) in [6.07, 6.45) is 6.07. The molecule has 0 aliphatic heterocycles. The minimum Gasteiger partial charge on any atom is -0.468 e. The van der Waals surface area contributed by atoms with E-state index >= 15 is 0 Å². The Bertz CT molecular complexity index is 486. The Morgan fingerprint density at radius 2 is 1.95 bits per heavy atom. The van der Waals surface area contributed by atoms with Crippen LogP contribution in [0.2, 0.25) is 0 Å². The van der Waals surface area contributed by atoms with Crippen molar-refractivity contribution in [3.05, 3.63) is 23.8 Å². The molecular weight excluding hydrogens is 260 g/mol. The van der Waals surface area contributed by atoms with E-state index in [1.165, 1.54) is 27.4 Å². The van der Waals surface area contributed by atoms with Gasteiger partial charge in [0.05, 0.1) is 12.5 Å². The Balaban J connectivity index is 2.61. The largest absolute Gasteiger partial charge is 0.468 e. The summed E-state index contributed by atoms with van der Waals surface area (Å²) in [4.78, 5) is 24.6. The normalized spacial score (nSPS) is 31.5. The fourth-order valence-corrected chi connectivity index (χ4v) is 3.41. The lowest BCUT2D eigenvalue weighted by molar-refractivity contribution is -0.245. The molecule has 0 N–H and O–H groups in total. The number of hydrogen-bond donors (Lipinski definition) is 0. The molecule has 0 aromatic rings. The molecule has 0 unspecified atom stereocenters. The second-order valence-corrected chi connectivity index (χ2v) is 5.32. The van der Waals surface area contributed by atoms with Crippen molar-refractivity contribution < 1.29 is 23.8 Å². The quantitative estimate of drug-likeness (QED) is 0.447. The van der Waals surface area contributed by atoms with Crippen LogP contribution in [0.25, 0.3) is 0 Å². The van der Waals surface area contributed by atoms with Crippen molar-refractivity contribution in [2.24, 2.45) is 11.3 Å². The Kier molecular flexibility index (Phi) is 3.84. The molecule has 5 heteroatoms. The van der Waals surface area contributed by atoms with E-state index in [-0.39, 0.29) is 11.8 Å². The molecule has 0 radical (unpaired) electrons.